The molecule has 40 heavy (non-hydrogen) atoms. The number of benzene rings is 3. The molecule has 0 saturated carbocycles. The number of carboxylic acids is 1. The monoisotopic (exact) mass is 542 g/mol. The molecule has 0 atom stereocenters. The Kier molecular flexibility index (Phi) is 8.20. The maximum Gasteiger partial charge on any atom is 0.335 e. The molecule has 1 aliphatic rings. The van der Waals surface area contributed by atoms with Gasteiger partial charge in [-0.1, -0.05) is 36.4 Å². The fraction of sp³-hybridized carbons (Fsp3) is 0.233. The van der Waals surface area contributed by atoms with E-state index in [-0.39, 0.29) is 23.5 Å². The van der Waals surface area contributed by atoms with Crippen LogP contribution in [0.1, 0.15) is 44.7 Å². The van der Waals surface area contributed by atoms with Gasteiger partial charge < -0.3 is 25.2 Å². The molecule has 2 heterocycles. The number of fused-ring (bicyclic) bond motifs is 1. The van der Waals surface area contributed by atoms with Crippen molar-refractivity contribution in [1.82, 2.24) is 15.4 Å². The highest BCUT2D eigenvalue weighted by atomic mass is 16.7. The van der Waals surface area contributed by atoms with Gasteiger partial charge in [0.2, 0.25) is 0 Å². The van der Waals surface area contributed by atoms with Gasteiger partial charge in [0.25, 0.3) is 5.91 Å². The van der Waals surface area contributed by atoms with Crippen LogP contribution >= 0.6 is 0 Å². The van der Waals surface area contributed by atoms with Crippen molar-refractivity contribution in [3.63, 3.8) is 0 Å². The number of aliphatic hydroxyl groups is 1. The number of hydrogen-bond acceptors (Lipinski definition) is 7. The highest BCUT2D eigenvalue weighted by Crippen LogP contribution is 2.32. The van der Waals surface area contributed by atoms with E-state index in [1.54, 1.807) is 30.3 Å². The lowest BCUT2D eigenvalue weighted by molar-refractivity contribution is 0.0132. The SMILES string of the molecule is O=C(O)c1ccc2c(C(=Nc3ccc(C(=O)NOCCN4CCC(O)CC4)cc3)c3ccccc3)c(O)[nH]c2c1. The van der Waals surface area contributed by atoms with Gasteiger partial charge in [-0.05, 0) is 49.2 Å². The highest BCUT2D eigenvalue weighted by Gasteiger charge is 2.20. The molecule has 1 aromatic heterocycles. The zero-order valence-electron chi connectivity index (χ0n) is 21.7. The van der Waals surface area contributed by atoms with Gasteiger partial charge in [0, 0.05) is 41.7 Å². The summed E-state index contributed by atoms with van der Waals surface area (Å²) in [5.41, 5.74) is 5.67. The number of aromatic carboxylic acids is 1. The second-order valence-electron chi connectivity index (χ2n) is 9.64. The summed E-state index contributed by atoms with van der Waals surface area (Å²) in [6.07, 6.45) is 1.27. The number of aliphatic hydroxyl groups excluding tert-OH is 1. The number of amides is 1. The van der Waals surface area contributed by atoms with Gasteiger partial charge in [-0.25, -0.2) is 15.3 Å². The number of carbonyl (C=O) groups is 2. The fourth-order valence-corrected chi connectivity index (χ4v) is 4.73. The van der Waals surface area contributed by atoms with Crippen LogP contribution in [0.25, 0.3) is 10.9 Å². The summed E-state index contributed by atoms with van der Waals surface area (Å²) < 4.78 is 0. The third-order valence-electron chi connectivity index (χ3n) is 6.91. The number of nitrogens with zero attached hydrogens (tertiary/aromatic N) is 2. The summed E-state index contributed by atoms with van der Waals surface area (Å²) in [5, 5.41) is 30.4. The predicted octanol–water partition coefficient (Wildman–Crippen LogP) is 3.86. The second-order valence-corrected chi connectivity index (χ2v) is 9.64. The Labute approximate surface area is 230 Å². The molecule has 4 aromatic rings. The normalized spacial score (nSPS) is 14.9. The maximum absolute atomic E-state index is 12.5. The van der Waals surface area contributed by atoms with Crippen molar-refractivity contribution >= 4 is 34.2 Å². The molecule has 0 radical (unpaired) electrons. The number of aliphatic imine (C=N–C) groups is 1. The quantitative estimate of drug-likeness (QED) is 0.123. The van der Waals surface area contributed by atoms with Gasteiger partial charge in [-0.15, -0.1) is 0 Å². The molecule has 1 saturated heterocycles. The van der Waals surface area contributed by atoms with Gasteiger partial charge in [-0.2, -0.15) is 0 Å². The Morgan fingerprint density at radius 2 is 1.68 bits per heavy atom. The standard InChI is InChI=1S/C30H30N4O6/c35-23-12-14-34(15-13-23)16-17-40-33-28(36)20-6-9-22(10-7-20)31-27(19-4-2-1-3-5-19)26-24-11-8-21(30(38)39)18-25(24)32-29(26)37/h1-11,18,23,32,35,37H,12-17H2,(H,33,36)(H,38,39). The average molecular weight is 543 g/mol. The molecule has 0 unspecified atom stereocenters. The molecule has 0 spiro atoms. The highest BCUT2D eigenvalue weighted by molar-refractivity contribution is 6.22. The third kappa shape index (κ3) is 6.20. The van der Waals surface area contributed by atoms with Crippen LogP contribution in [0.15, 0.2) is 77.8 Å². The van der Waals surface area contributed by atoms with Crippen LogP contribution in [0.2, 0.25) is 0 Å². The minimum atomic E-state index is -1.06. The van der Waals surface area contributed by atoms with Crippen molar-refractivity contribution < 1.29 is 29.7 Å². The largest absolute Gasteiger partial charge is 0.494 e. The lowest BCUT2D eigenvalue weighted by Crippen LogP contribution is -2.38. The van der Waals surface area contributed by atoms with E-state index < -0.39 is 5.97 Å². The molecule has 10 nitrogen and oxygen atoms in total. The van der Waals surface area contributed by atoms with Gasteiger partial charge in [-0.3, -0.25) is 9.63 Å². The molecule has 0 aliphatic carbocycles. The van der Waals surface area contributed by atoms with E-state index in [1.807, 2.05) is 30.3 Å². The number of carbonyl (C=O) groups excluding carboxylic acids is 1. The summed E-state index contributed by atoms with van der Waals surface area (Å²) in [5.74, 6) is -1.57. The second kappa shape index (κ2) is 12.1. The minimum Gasteiger partial charge on any atom is -0.494 e. The summed E-state index contributed by atoms with van der Waals surface area (Å²) in [4.78, 5) is 39.2. The number of hydrogen-bond donors (Lipinski definition) is 5. The van der Waals surface area contributed by atoms with Crippen molar-refractivity contribution in [3.05, 3.63) is 95.1 Å². The Hall–Kier alpha value is -4.51. The summed E-state index contributed by atoms with van der Waals surface area (Å²) in [6, 6.07) is 20.6. The van der Waals surface area contributed by atoms with Crippen molar-refractivity contribution in [1.29, 1.82) is 0 Å². The van der Waals surface area contributed by atoms with E-state index in [2.05, 4.69) is 15.4 Å². The van der Waals surface area contributed by atoms with Crippen LogP contribution in [-0.4, -0.2) is 75.1 Å². The van der Waals surface area contributed by atoms with E-state index >= 15 is 0 Å². The summed E-state index contributed by atoms with van der Waals surface area (Å²) in [7, 11) is 0. The average Bonchev–Trinajstić information content (AvgIpc) is 3.30. The number of likely N-dealkylation sites (tertiary alicyclic amines) is 1. The van der Waals surface area contributed by atoms with E-state index in [0.29, 0.717) is 46.6 Å². The Morgan fingerprint density at radius 3 is 2.38 bits per heavy atom. The molecule has 5 rings (SSSR count). The first-order valence-electron chi connectivity index (χ1n) is 13.0. The molecular weight excluding hydrogens is 512 g/mol. The van der Waals surface area contributed by atoms with Crippen LogP contribution in [0, 0.1) is 0 Å². The summed E-state index contributed by atoms with van der Waals surface area (Å²) in [6.45, 7) is 2.63. The Morgan fingerprint density at radius 1 is 0.975 bits per heavy atom. The smallest absolute Gasteiger partial charge is 0.335 e. The van der Waals surface area contributed by atoms with Crippen LogP contribution in [-0.2, 0) is 4.84 Å². The van der Waals surface area contributed by atoms with Crippen molar-refractivity contribution in [2.24, 2.45) is 4.99 Å². The van der Waals surface area contributed by atoms with E-state index in [0.717, 1.165) is 31.5 Å². The first-order chi connectivity index (χ1) is 19.4. The predicted molar refractivity (Wildman–Crippen MR) is 150 cm³/mol. The number of nitrogens with one attached hydrogen (secondary N) is 2. The van der Waals surface area contributed by atoms with Crippen LogP contribution < -0.4 is 5.48 Å². The lowest BCUT2D eigenvalue weighted by Gasteiger charge is -2.29. The van der Waals surface area contributed by atoms with Gasteiger partial charge in [0.05, 0.1) is 35.2 Å². The Bertz CT molecular complexity index is 1520. The fourth-order valence-electron chi connectivity index (χ4n) is 4.73. The molecule has 1 fully saturated rings. The molecule has 0 bridgehead atoms. The van der Waals surface area contributed by atoms with Gasteiger partial charge >= 0.3 is 5.97 Å². The zero-order chi connectivity index (χ0) is 28.1. The van der Waals surface area contributed by atoms with Crippen LogP contribution in [0.3, 0.4) is 0 Å². The molecule has 3 aromatic carbocycles. The molecule has 1 amide bonds. The number of H-pyrrole nitrogens is 1. The number of rotatable bonds is 9. The molecule has 1 aliphatic heterocycles. The number of hydroxylamine groups is 1. The minimum absolute atomic E-state index is 0.0997. The summed E-state index contributed by atoms with van der Waals surface area (Å²) >= 11 is 0. The van der Waals surface area contributed by atoms with Crippen LogP contribution in [0.4, 0.5) is 5.69 Å². The topological polar surface area (TPSA) is 147 Å². The van der Waals surface area contributed by atoms with E-state index in [4.69, 9.17) is 9.83 Å². The number of piperidine rings is 1. The van der Waals surface area contributed by atoms with E-state index in [9.17, 15) is 24.9 Å². The van der Waals surface area contributed by atoms with E-state index in [1.165, 1.54) is 12.1 Å². The van der Waals surface area contributed by atoms with Crippen LogP contribution in [0.5, 0.6) is 5.88 Å². The number of aromatic hydroxyl groups is 1. The molecule has 206 valence electrons. The van der Waals surface area contributed by atoms with Gasteiger partial charge in [0.1, 0.15) is 0 Å². The Balaban J connectivity index is 1.33. The lowest BCUT2D eigenvalue weighted by atomic mass is 10.00. The van der Waals surface area contributed by atoms with Gasteiger partial charge in [0.15, 0.2) is 5.88 Å². The zero-order valence-corrected chi connectivity index (χ0v) is 21.7. The molecule has 5 N–H and O–H groups in total. The molecular formula is C30H30N4O6. The first kappa shape index (κ1) is 27.1. The maximum atomic E-state index is 12.5. The molecule has 10 heteroatoms. The first-order valence-corrected chi connectivity index (χ1v) is 13.0. The van der Waals surface area contributed by atoms with Crippen molar-refractivity contribution in [2.45, 2.75) is 18.9 Å². The van der Waals surface area contributed by atoms with Crippen molar-refractivity contribution in [2.75, 3.05) is 26.2 Å². The number of carboxylic acid groups (broad SMARTS) is 1. The number of aromatic amines is 1. The van der Waals surface area contributed by atoms with Crippen molar-refractivity contribution in [3.8, 4) is 5.88 Å². The third-order valence-corrected chi connectivity index (χ3v) is 6.91. The number of aromatic nitrogens is 1.